The first kappa shape index (κ1) is 16.2. The molecule has 0 bridgehead atoms. The zero-order valence-corrected chi connectivity index (χ0v) is 14.0. The van der Waals surface area contributed by atoms with Gasteiger partial charge in [0, 0.05) is 16.6 Å². The number of para-hydroxylation sites is 1. The van der Waals surface area contributed by atoms with E-state index < -0.39 is 10.0 Å². The third-order valence-corrected chi connectivity index (χ3v) is 5.17. The van der Waals surface area contributed by atoms with E-state index in [0.29, 0.717) is 11.3 Å². The summed E-state index contributed by atoms with van der Waals surface area (Å²) in [6.45, 7) is 1.82. The van der Waals surface area contributed by atoms with Gasteiger partial charge in [0.1, 0.15) is 5.58 Å². The summed E-state index contributed by atoms with van der Waals surface area (Å²) in [5, 5.41) is 3.60. The molecular weight excluding hydrogens is 328 g/mol. The maximum atomic E-state index is 12.4. The average Bonchev–Trinajstić information content (AvgIpc) is 2.93. The molecule has 0 saturated carbocycles. The molecule has 0 unspecified atom stereocenters. The molecular formula is C17H16N2O4S. The third kappa shape index (κ3) is 2.91. The van der Waals surface area contributed by atoms with Crippen LogP contribution in [0.15, 0.2) is 57.8 Å². The van der Waals surface area contributed by atoms with Crippen molar-refractivity contribution in [3.63, 3.8) is 0 Å². The molecule has 24 heavy (non-hydrogen) atoms. The summed E-state index contributed by atoms with van der Waals surface area (Å²) in [5.41, 5.74) is 1.89. The van der Waals surface area contributed by atoms with E-state index in [0.717, 1.165) is 10.9 Å². The number of rotatable bonds is 4. The number of furan rings is 1. The van der Waals surface area contributed by atoms with E-state index in [1.807, 2.05) is 25.1 Å². The zero-order valence-electron chi connectivity index (χ0n) is 13.2. The first-order valence-corrected chi connectivity index (χ1v) is 8.74. The Bertz CT molecular complexity index is 1000. The molecule has 0 aliphatic carbocycles. The number of hydrogen-bond donors (Lipinski definition) is 2. The lowest BCUT2D eigenvalue weighted by atomic mass is 10.1. The molecule has 1 heterocycles. The maximum absolute atomic E-state index is 12.4. The second-order valence-corrected chi connectivity index (χ2v) is 7.12. The number of hydrogen-bond acceptors (Lipinski definition) is 4. The number of sulfonamides is 1. The second kappa shape index (κ2) is 6.10. The number of anilines is 1. The van der Waals surface area contributed by atoms with Crippen LogP contribution >= 0.6 is 0 Å². The van der Waals surface area contributed by atoms with Gasteiger partial charge in [0.05, 0.1) is 4.90 Å². The van der Waals surface area contributed by atoms with Gasteiger partial charge in [-0.3, -0.25) is 4.79 Å². The van der Waals surface area contributed by atoms with Crippen molar-refractivity contribution in [2.45, 2.75) is 11.8 Å². The SMILES string of the molecule is CNS(=O)(=O)c1ccc(NC(=O)c2oc3ccccc3c2C)cc1. The molecule has 3 rings (SSSR count). The van der Waals surface area contributed by atoms with Gasteiger partial charge in [0.25, 0.3) is 5.91 Å². The van der Waals surface area contributed by atoms with Crippen molar-refractivity contribution >= 4 is 32.6 Å². The largest absolute Gasteiger partial charge is 0.451 e. The lowest BCUT2D eigenvalue weighted by Gasteiger charge is -2.06. The number of benzene rings is 2. The molecule has 6 nitrogen and oxygen atoms in total. The summed E-state index contributed by atoms with van der Waals surface area (Å²) in [5.74, 6) is -0.143. The van der Waals surface area contributed by atoms with Gasteiger partial charge < -0.3 is 9.73 Å². The van der Waals surface area contributed by atoms with Crippen molar-refractivity contribution in [3.8, 4) is 0 Å². The van der Waals surface area contributed by atoms with E-state index in [-0.39, 0.29) is 16.6 Å². The molecule has 2 N–H and O–H groups in total. The molecule has 124 valence electrons. The van der Waals surface area contributed by atoms with Crippen LogP contribution in [0.4, 0.5) is 5.69 Å². The average molecular weight is 344 g/mol. The van der Waals surface area contributed by atoms with Crippen LogP contribution in [0.1, 0.15) is 16.1 Å². The van der Waals surface area contributed by atoms with Crippen LogP contribution in [-0.2, 0) is 10.0 Å². The normalized spacial score (nSPS) is 11.6. The summed E-state index contributed by atoms with van der Waals surface area (Å²) in [6, 6.07) is 13.3. The van der Waals surface area contributed by atoms with Crippen LogP contribution in [-0.4, -0.2) is 21.4 Å². The molecule has 0 atom stereocenters. The summed E-state index contributed by atoms with van der Waals surface area (Å²) >= 11 is 0. The number of carbonyl (C=O) groups excluding carboxylic acids is 1. The summed E-state index contributed by atoms with van der Waals surface area (Å²) < 4.78 is 31.2. The van der Waals surface area contributed by atoms with Gasteiger partial charge in [-0.15, -0.1) is 0 Å². The molecule has 0 aliphatic rings. The Kier molecular flexibility index (Phi) is 4.13. The second-order valence-electron chi connectivity index (χ2n) is 5.24. The van der Waals surface area contributed by atoms with E-state index in [9.17, 15) is 13.2 Å². The smallest absolute Gasteiger partial charge is 0.291 e. The molecule has 2 aromatic carbocycles. The molecule has 0 saturated heterocycles. The van der Waals surface area contributed by atoms with Gasteiger partial charge in [-0.05, 0) is 44.3 Å². The highest BCUT2D eigenvalue weighted by atomic mass is 32.2. The van der Waals surface area contributed by atoms with E-state index in [1.165, 1.54) is 31.3 Å². The van der Waals surface area contributed by atoms with Gasteiger partial charge >= 0.3 is 0 Å². The Balaban J connectivity index is 1.85. The lowest BCUT2D eigenvalue weighted by Crippen LogP contribution is -2.18. The van der Waals surface area contributed by atoms with Crippen molar-refractivity contribution in [1.29, 1.82) is 0 Å². The van der Waals surface area contributed by atoms with Crippen LogP contribution in [0.5, 0.6) is 0 Å². The maximum Gasteiger partial charge on any atom is 0.291 e. The zero-order chi connectivity index (χ0) is 17.3. The number of carbonyl (C=O) groups is 1. The third-order valence-electron chi connectivity index (χ3n) is 3.74. The minimum absolute atomic E-state index is 0.128. The molecule has 3 aromatic rings. The first-order chi connectivity index (χ1) is 11.4. The number of fused-ring (bicyclic) bond motifs is 1. The standard InChI is InChI=1S/C17H16N2O4S/c1-11-14-5-3-4-6-15(14)23-16(11)17(20)19-12-7-9-13(10-8-12)24(21,22)18-2/h3-10,18H,1-2H3,(H,19,20). The topological polar surface area (TPSA) is 88.4 Å². The fraction of sp³-hybridized carbons (Fsp3) is 0.118. The highest BCUT2D eigenvalue weighted by Crippen LogP contribution is 2.25. The van der Waals surface area contributed by atoms with Crippen molar-refractivity contribution in [2.75, 3.05) is 12.4 Å². The van der Waals surface area contributed by atoms with Gasteiger partial charge in [0.2, 0.25) is 10.0 Å². The fourth-order valence-corrected chi connectivity index (χ4v) is 3.14. The van der Waals surface area contributed by atoms with E-state index in [1.54, 1.807) is 6.07 Å². The molecule has 0 fully saturated rings. The van der Waals surface area contributed by atoms with Crippen LogP contribution in [0.2, 0.25) is 0 Å². The Morgan fingerprint density at radius 3 is 2.33 bits per heavy atom. The molecule has 0 radical (unpaired) electrons. The molecule has 0 spiro atoms. The van der Waals surface area contributed by atoms with Crippen LogP contribution in [0.25, 0.3) is 11.0 Å². The summed E-state index contributed by atoms with van der Waals surface area (Å²) in [4.78, 5) is 12.5. The van der Waals surface area contributed by atoms with Crippen molar-refractivity contribution in [2.24, 2.45) is 0 Å². The van der Waals surface area contributed by atoms with Crippen LogP contribution < -0.4 is 10.0 Å². The molecule has 1 aromatic heterocycles. The highest BCUT2D eigenvalue weighted by molar-refractivity contribution is 7.89. The quantitative estimate of drug-likeness (QED) is 0.762. The Morgan fingerprint density at radius 1 is 1.04 bits per heavy atom. The minimum atomic E-state index is -3.50. The predicted octanol–water partition coefficient (Wildman–Crippen LogP) is 2.90. The first-order valence-electron chi connectivity index (χ1n) is 7.25. The predicted molar refractivity (Wildman–Crippen MR) is 91.6 cm³/mol. The number of aryl methyl sites for hydroxylation is 1. The van der Waals surface area contributed by atoms with Crippen molar-refractivity contribution in [1.82, 2.24) is 4.72 Å². The highest BCUT2D eigenvalue weighted by Gasteiger charge is 2.18. The van der Waals surface area contributed by atoms with Crippen molar-refractivity contribution in [3.05, 3.63) is 59.9 Å². The Labute approximate surface area is 139 Å². The van der Waals surface area contributed by atoms with Gasteiger partial charge in [-0.25, -0.2) is 13.1 Å². The van der Waals surface area contributed by atoms with Gasteiger partial charge in [-0.2, -0.15) is 0 Å². The van der Waals surface area contributed by atoms with E-state index in [4.69, 9.17) is 4.42 Å². The molecule has 7 heteroatoms. The van der Waals surface area contributed by atoms with Crippen LogP contribution in [0, 0.1) is 6.92 Å². The monoisotopic (exact) mass is 344 g/mol. The fourth-order valence-electron chi connectivity index (χ4n) is 2.41. The minimum Gasteiger partial charge on any atom is -0.451 e. The molecule has 1 amide bonds. The number of amides is 1. The summed E-state index contributed by atoms with van der Waals surface area (Å²) in [6.07, 6.45) is 0. The Morgan fingerprint density at radius 2 is 1.71 bits per heavy atom. The molecule has 0 aliphatic heterocycles. The van der Waals surface area contributed by atoms with Gasteiger partial charge in [0.15, 0.2) is 5.76 Å². The van der Waals surface area contributed by atoms with E-state index >= 15 is 0 Å². The lowest BCUT2D eigenvalue weighted by molar-refractivity contribution is 0.0998. The van der Waals surface area contributed by atoms with E-state index in [2.05, 4.69) is 10.0 Å². The van der Waals surface area contributed by atoms with Crippen LogP contribution in [0.3, 0.4) is 0 Å². The summed E-state index contributed by atoms with van der Waals surface area (Å²) in [7, 11) is -2.16. The van der Waals surface area contributed by atoms with Crippen molar-refractivity contribution < 1.29 is 17.6 Å². The number of nitrogens with one attached hydrogen (secondary N) is 2. The van der Waals surface area contributed by atoms with Gasteiger partial charge in [-0.1, -0.05) is 18.2 Å². The Hall–Kier alpha value is -2.64.